The fraction of sp³-hybridized carbons (Fsp3) is 0.0476. The maximum absolute atomic E-state index is 13.7. The fourth-order valence-electron chi connectivity index (χ4n) is 2.40. The summed E-state index contributed by atoms with van der Waals surface area (Å²) in [5, 5.41) is 2.61. The average molecular weight is 402 g/mol. The van der Waals surface area contributed by atoms with Crippen LogP contribution in [0.15, 0.2) is 66.7 Å². The van der Waals surface area contributed by atoms with E-state index in [0.29, 0.717) is 16.9 Å². The summed E-state index contributed by atoms with van der Waals surface area (Å²) in [6.45, 7) is -0.340. The van der Waals surface area contributed by atoms with E-state index >= 15 is 0 Å². The predicted molar refractivity (Wildman–Crippen MR) is 102 cm³/mol. The van der Waals surface area contributed by atoms with Crippen LogP contribution in [0.3, 0.4) is 0 Å². The molecule has 7 heteroatoms. The molecular weight excluding hydrogens is 388 g/mol. The Morgan fingerprint density at radius 2 is 1.50 bits per heavy atom. The molecule has 0 aromatic heterocycles. The Morgan fingerprint density at radius 3 is 2.11 bits per heavy atom. The number of hydrogen-bond donors (Lipinski definition) is 1. The van der Waals surface area contributed by atoms with Crippen molar-refractivity contribution >= 4 is 29.0 Å². The van der Waals surface area contributed by atoms with Crippen molar-refractivity contribution in [2.75, 3.05) is 11.9 Å². The Bertz CT molecular complexity index is 1010. The monoisotopic (exact) mass is 401 g/mol. The van der Waals surface area contributed by atoms with Crippen LogP contribution < -0.4 is 10.1 Å². The van der Waals surface area contributed by atoms with Crippen LogP contribution in [0.4, 0.5) is 14.5 Å². The van der Waals surface area contributed by atoms with Gasteiger partial charge in [-0.15, -0.1) is 0 Å². The number of anilines is 1. The number of nitrogens with one attached hydrogen (secondary N) is 1. The highest BCUT2D eigenvalue weighted by Gasteiger charge is 2.11. The summed E-state index contributed by atoms with van der Waals surface area (Å²) in [7, 11) is 0. The van der Waals surface area contributed by atoms with Crippen molar-refractivity contribution in [3.63, 3.8) is 0 Å². The molecule has 0 heterocycles. The van der Waals surface area contributed by atoms with E-state index in [1.807, 2.05) is 0 Å². The molecule has 0 aliphatic rings. The Labute approximate surface area is 164 Å². The van der Waals surface area contributed by atoms with Gasteiger partial charge in [0.05, 0.1) is 5.69 Å². The summed E-state index contributed by atoms with van der Waals surface area (Å²) in [6.07, 6.45) is 0. The molecule has 142 valence electrons. The summed E-state index contributed by atoms with van der Waals surface area (Å²) >= 11 is 5.66. The molecule has 28 heavy (non-hydrogen) atoms. The molecule has 0 aliphatic heterocycles. The van der Waals surface area contributed by atoms with Gasteiger partial charge in [0, 0.05) is 16.1 Å². The van der Waals surface area contributed by atoms with Crippen LogP contribution in [0.1, 0.15) is 15.9 Å². The molecule has 0 atom stereocenters. The van der Waals surface area contributed by atoms with Crippen molar-refractivity contribution in [1.82, 2.24) is 0 Å². The minimum atomic E-state index is -0.649. The zero-order valence-electron chi connectivity index (χ0n) is 14.4. The first-order chi connectivity index (χ1) is 13.4. The Kier molecular flexibility index (Phi) is 6.01. The molecule has 0 fully saturated rings. The van der Waals surface area contributed by atoms with E-state index in [2.05, 4.69) is 5.32 Å². The zero-order chi connectivity index (χ0) is 20.1. The second-order valence-corrected chi connectivity index (χ2v) is 6.26. The minimum absolute atomic E-state index is 0.00163. The molecule has 0 bridgehead atoms. The molecule has 0 saturated heterocycles. The van der Waals surface area contributed by atoms with Crippen LogP contribution in [0, 0.1) is 11.6 Å². The van der Waals surface area contributed by atoms with Gasteiger partial charge >= 0.3 is 0 Å². The predicted octanol–water partition coefficient (Wildman–Crippen LogP) is 4.87. The van der Waals surface area contributed by atoms with Gasteiger partial charge in [0.15, 0.2) is 12.4 Å². The zero-order valence-corrected chi connectivity index (χ0v) is 15.2. The largest absolute Gasteiger partial charge is 0.484 e. The second-order valence-electron chi connectivity index (χ2n) is 5.82. The van der Waals surface area contributed by atoms with Crippen LogP contribution in [-0.4, -0.2) is 18.3 Å². The molecule has 0 saturated carbocycles. The number of amides is 1. The molecule has 4 nitrogen and oxygen atoms in total. The van der Waals surface area contributed by atoms with E-state index in [4.69, 9.17) is 16.3 Å². The third-order valence-corrected chi connectivity index (χ3v) is 4.03. The van der Waals surface area contributed by atoms with Crippen molar-refractivity contribution < 1.29 is 23.1 Å². The second kappa shape index (κ2) is 8.63. The third-order valence-electron chi connectivity index (χ3n) is 3.80. The minimum Gasteiger partial charge on any atom is -0.484 e. The van der Waals surface area contributed by atoms with Crippen LogP contribution in [-0.2, 0) is 4.79 Å². The van der Waals surface area contributed by atoms with E-state index < -0.39 is 17.5 Å². The van der Waals surface area contributed by atoms with Gasteiger partial charge in [-0.1, -0.05) is 11.6 Å². The molecular formula is C21H14ClF2NO3. The number of ketones is 1. The maximum Gasteiger partial charge on any atom is 0.262 e. The highest BCUT2D eigenvalue weighted by Crippen LogP contribution is 2.19. The number of hydrogen-bond acceptors (Lipinski definition) is 3. The number of benzene rings is 3. The lowest BCUT2D eigenvalue weighted by Crippen LogP contribution is -2.20. The molecule has 0 radical (unpaired) electrons. The fourth-order valence-corrected chi connectivity index (χ4v) is 2.56. The Balaban J connectivity index is 1.57. The van der Waals surface area contributed by atoms with Gasteiger partial charge in [0.1, 0.15) is 17.4 Å². The van der Waals surface area contributed by atoms with Gasteiger partial charge in [-0.25, -0.2) is 8.78 Å². The quantitative estimate of drug-likeness (QED) is 0.600. The first-order valence-electron chi connectivity index (χ1n) is 8.20. The SMILES string of the molecule is O=C(COc1ccc(C(=O)c2ccc(F)cc2)cc1)Nc1ccc(Cl)cc1F. The molecule has 0 unspecified atom stereocenters. The van der Waals surface area contributed by atoms with Gasteiger partial charge in [0.2, 0.25) is 0 Å². The molecule has 0 aliphatic carbocycles. The molecule has 1 N–H and O–H groups in total. The smallest absolute Gasteiger partial charge is 0.262 e. The molecule has 0 spiro atoms. The molecule has 3 aromatic carbocycles. The van der Waals surface area contributed by atoms with Gasteiger partial charge in [-0.2, -0.15) is 0 Å². The normalized spacial score (nSPS) is 10.4. The number of carbonyl (C=O) groups is 2. The Hall–Kier alpha value is -3.25. The van der Waals surface area contributed by atoms with E-state index in [1.165, 1.54) is 60.7 Å². The third kappa shape index (κ3) is 4.92. The van der Waals surface area contributed by atoms with E-state index in [9.17, 15) is 18.4 Å². The summed E-state index contributed by atoms with van der Waals surface area (Å²) in [5.41, 5.74) is 0.754. The Morgan fingerprint density at radius 1 is 0.893 bits per heavy atom. The van der Waals surface area contributed by atoms with Crippen LogP contribution in [0.2, 0.25) is 5.02 Å². The van der Waals surface area contributed by atoms with Gasteiger partial charge in [0.25, 0.3) is 5.91 Å². The van der Waals surface area contributed by atoms with E-state index in [-0.39, 0.29) is 23.1 Å². The molecule has 1 amide bonds. The highest BCUT2D eigenvalue weighted by atomic mass is 35.5. The highest BCUT2D eigenvalue weighted by molar-refractivity contribution is 6.30. The van der Waals surface area contributed by atoms with Crippen molar-refractivity contribution in [3.05, 3.63) is 94.5 Å². The van der Waals surface area contributed by atoms with Crippen LogP contribution in [0.5, 0.6) is 5.75 Å². The number of ether oxygens (including phenoxy) is 1. The van der Waals surface area contributed by atoms with Gasteiger partial charge in [-0.05, 0) is 66.7 Å². The first-order valence-corrected chi connectivity index (χ1v) is 8.58. The summed E-state index contributed by atoms with van der Waals surface area (Å²) in [4.78, 5) is 24.2. The number of rotatable bonds is 6. The van der Waals surface area contributed by atoms with Crippen molar-refractivity contribution in [2.45, 2.75) is 0 Å². The maximum atomic E-state index is 13.7. The lowest BCUT2D eigenvalue weighted by Gasteiger charge is -2.09. The van der Waals surface area contributed by atoms with Crippen LogP contribution >= 0.6 is 11.6 Å². The van der Waals surface area contributed by atoms with Crippen molar-refractivity contribution in [2.24, 2.45) is 0 Å². The molecule has 3 rings (SSSR count). The number of carbonyl (C=O) groups excluding carboxylic acids is 2. The summed E-state index contributed by atoms with van der Waals surface area (Å²) < 4.78 is 31.9. The van der Waals surface area contributed by atoms with Crippen LogP contribution in [0.25, 0.3) is 0 Å². The van der Waals surface area contributed by atoms with Gasteiger partial charge in [-0.3, -0.25) is 9.59 Å². The topological polar surface area (TPSA) is 55.4 Å². The average Bonchev–Trinajstić information content (AvgIpc) is 2.69. The van der Waals surface area contributed by atoms with Crippen molar-refractivity contribution in [3.8, 4) is 5.75 Å². The van der Waals surface area contributed by atoms with Gasteiger partial charge < -0.3 is 10.1 Å². The van der Waals surface area contributed by atoms with Crippen molar-refractivity contribution in [1.29, 1.82) is 0 Å². The van der Waals surface area contributed by atoms with E-state index in [1.54, 1.807) is 0 Å². The lowest BCUT2D eigenvalue weighted by molar-refractivity contribution is -0.118. The molecule has 3 aromatic rings. The summed E-state index contributed by atoms with van der Waals surface area (Å²) in [5.74, 6) is -1.51. The summed E-state index contributed by atoms with van der Waals surface area (Å²) in [6, 6.07) is 15.3. The first kappa shape index (κ1) is 19.5. The lowest BCUT2D eigenvalue weighted by atomic mass is 10.0. The number of halogens is 3. The van der Waals surface area contributed by atoms with E-state index in [0.717, 1.165) is 6.07 Å². The standard InChI is InChI=1S/C21H14ClF2NO3/c22-15-5-10-19(18(24)11-15)25-20(26)12-28-17-8-3-14(4-9-17)21(27)13-1-6-16(23)7-2-13/h1-11H,12H2,(H,25,26).